The molecule has 0 saturated heterocycles. The molecule has 0 amide bonds. The van der Waals surface area contributed by atoms with E-state index in [9.17, 15) is 4.79 Å². The topological polar surface area (TPSA) is 51.7 Å². The number of thioether (sulfide) groups is 1. The molecule has 5 nitrogen and oxygen atoms in total. The van der Waals surface area contributed by atoms with Crippen molar-refractivity contribution in [2.75, 3.05) is 26.5 Å². The smallest absolute Gasteiger partial charge is 0.213 e. The molecule has 0 saturated carbocycles. The van der Waals surface area contributed by atoms with Gasteiger partial charge in [0, 0.05) is 42.5 Å². The third kappa shape index (κ3) is 4.14. The van der Waals surface area contributed by atoms with Gasteiger partial charge in [-0.05, 0) is 30.2 Å². The summed E-state index contributed by atoms with van der Waals surface area (Å²) in [5.41, 5.74) is 3.00. The number of hydrogen-bond donors (Lipinski definition) is 0. The number of fused-ring (bicyclic) bond motifs is 1. The van der Waals surface area contributed by atoms with E-state index in [1.165, 1.54) is 10.5 Å². The number of benzene rings is 1. The van der Waals surface area contributed by atoms with Gasteiger partial charge in [-0.1, -0.05) is 6.07 Å². The molecule has 0 N–H and O–H groups in total. The maximum Gasteiger partial charge on any atom is 0.213 e. The zero-order chi connectivity index (χ0) is 17.8. The van der Waals surface area contributed by atoms with Gasteiger partial charge in [-0.3, -0.25) is 9.69 Å². The summed E-state index contributed by atoms with van der Waals surface area (Å²) in [6, 6.07) is 7.83. The van der Waals surface area contributed by atoms with E-state index in [0.29, 0.717) is 17.2 Å². The largest absolute Gasteiger partial charge is 0.496 e. The first-order valence-corrected chi connectivity index (χ1v) is 9.15. The van der Waals surface area contributed by atoms with E-state index < -0.39 is 0 Å². The molecule has 2 aromatic rings. The Morgan fingerprint density at radius 1 is 1.28 bits per heavy atom. The number of methoxy groups -OCH3 is 2. The van der Waals surface area contributed by atoms with Gasteiger partial charge in [-0.15, -0.1) is 11.8 Å². The number of ketones is 1. The number of carbonyl (C=O) groups is 1. The van der Waals surface area contributed by atoms with Gasteiger partial charge in [-0.2, -0.15) is 0 Å². The molecular formula is C19H22N2O3S. The molecule has 0 spiro atoms. The highest BCUT2D eigenvalue weighted by molar-refractivity contribution is 7.99. The lowest BCUT2D eigenvalue weighted by Gasteiger charge is -2.21. The summed E-state index contributed by atoms with van der Waals surface area (Å²) in [5, 5.41) is 0. The molecular weight excluding hydrogens is 336 g/mol. The van der Waals surface area contributed by atoms with Crippen molar-refractivity contribution >= 4 is 17.5 Å². The Morgan fingerprint density at radius 3 is 2.84 bits per heavy atom. The molecule has 0 unspecified atom stereocenters. The van der Waals surface area contributed by atoms with Crippen molar-refractivity contribution in [2.24, 2.45) is 0 Å². The van der Waals surface area contributed by atoms with Crippen LogP contribution in [-0.2, 0) is 13.1 Å². The first-order chi connectivity index (χ1) is 12.1. The van der Waals surface area contributed by atoms with Crippen LogP contribution < -0.4 is 9.47 Å². The van der Waals surface area contributed by atoms with E-state index in [0.717, 1.165) is 31.0 Å². The molecule has 3 rings (SSSR count). The van der Waals surface area contributed by atoms with E-state index >= 15 is 0 Å². The highest BCUT2D eigenvalue weighted by Crippen LogP contribution is 2.30. The van der Waals surface area contributed by atoms with Crippen LogP contribution in [0.3, 0.4) is 0 Å². The SMILES string of the molecule is COc1cc2c(cn1)SCCN(Cc1ccc(C(C)=O)c(OC)c1)C2. The first-order valence-electron chi connectivity index (χ1n) is 8.16. The predicted molar refractivity (Wildman–Crippen MR) is 98.6 cm³/mol. The van der Waals surface area contributed by atoms with E-state index in [4.69, 9.17) is 9.47 Å². The number of aromatic nitrogens is 1. The minimum Gasteiger partial charge on any atom is -0.496 e. The lowest BCUT2D eigenvalue weighted by molar-refractivity contribution is 0.101. The molecule has 0 radical (unpaired) electrons. The average molecular weight is 358 g/mol. The summed E-state index contributed by atoms with van der Waals surface area (Å²) in [6.45, 7) is 4.19. The predicted octanol–water partition coefficient (Wildman–Crippen LogP) is 3.41. The maximum atomic E-state index is 11.7. The third-order valence-electron chi connectivity index (χ3n) is 4.24. The fraction of sp³-hybridized carbons (Fsp3) is 0.368. The fourth-order valence-corrected chi connectivity index (χ4v) is 3.96. The van der Waals surface area contributed by atoms with Gasteiger partial charge in [0.25, 0.3) is 0 Å². The summed E-state index contributed by atoms with van der Waals surface area (Å²) >= 11 is 1.83. The highest BCUT2D eigenvalue weighted by atomic mass is 32.2. The number of hydrogen-bond acceptors (Lipinski definition) is 6. The van der Waals surface area contributed by atoms with E-state index in [-0.39, 0.29) is 5.78 Å². The van der Waals surface area contributed by atoms with Gasteiger partial charge in [0.2, 0.25) is 5.88 Å². The molecule has 1 aliphatic rings. The van der Waals surface area contributed by atoms with Crippen LogP contribution >= 0.6 is 11.8 Å². The van der Waals surface area contributed by atoms with E-state index in [2.05, 4.69) is 9.88 Å². The Bertz CT molecular complexity index is 779. The Morgan fingerprint density at radius 2 is 2.12 bits per heavy atom. The summed E-state index contributed by atoms with van der Waals surface area (Å²) in [7, 11) is 3.24. The molecule has 132 valence electrons. The van der Waals surface area contributed by atoms with Gasteiger partial charge < -0.3 is 9.47 Å². The molecule has 1 aromatic carbocycles. The number of nitrogens with zero attached hydrogens (tertiary/aromatic N) is 2. The highest BCUT2D eigenvalue weighted by Gasteiger charge is 2.17. The Labute approximate surface area is 152 Å². The molecule has 6 heteroatoms. The van der Waals surface area contributed by atoms with Crippen LogP contribution in [0.5, 0.6) is 11.6 Å². The average Bonchev–Trinajstić information content (AvgIpc) is 2.82. The van der Waals surface area contributed by atoms with Gasteiger partial charge in [0.15, 0.2) is 5.78 Å². The first kappa shape index (κ1) is 17.8. The van der Waals surface area contributed by atoms with Crippen molar-refractivity contribution in [1.82, 2.24) is 9.88 Å². The molecule has 1 aliphatic heterocycles. The molecule has 0 bridgehead atoms. The molecule has 0 aliphatic carbocycles. The summed E-state index contributed by atoms with van der Waals surface area (Å²) in [4.78, 5) is 19.6. The molecule has 0 atom stereocenters. The van der Waals surface area contributed by atoms with Crippen LogP contribution in [0.25, 0.3) is 0 Å². The molecule has 2 heterocycles. The second-order valence-corrected chi connectivity index (χ2v) is 7.12. The zero-order valence-electron chi connectivity index (χ0n) is 14.7. The summed E-state index contributed by atoms with van der Waals surface area (Å²) in [5.74, 6) is 2.32. The Hall–Kier alpha value is -2.05. The molecule has 1 aromatic heterocycles. The van der Waals surface area contributed by atoms with Gasteiger partial charge in [0.05, 0.1) is 19.8 Å². The van der Waals surface area contributed by atoms with Crippen LogP contribution in [0.15, 0.2) is 35.4 Å². The van der Waals surface area contributed by atoms with Crippen LogP contribution in [0.1, 0.15) is 28.4 Å². The van der Waals surface area contributed by atoms with E-state index in [1.54, 1.807) is 21.1 Å². The van der Waals surface area contributed by atoms with Crippen molar-refractivity contribution in [1.29, 1.82) is 0 Å². The van der Waals surface area contributed by atoms with Crippen molar-refractivity contribution in [3.8, 4) is 11.6 Å². The van der Waals surface area contributed by atoms with Crippen molar-refractivity contribution < 1.29 is 14.3 Å². The number of ether oxygens (including phenoxy) is 2. The van der Waals surface area contributed by atoms with Crippen molar-refractivity contribution in [3.63, 3.8) is 0 Å². The van der Waals surface area contributed by atoms with Gasteiger partial charge in [0.1, 0.15) is 5.75 Å². The van der Waals surface area contributed by atoms with Crippen LogP contribution in [0.4, 0.5) is 0 Å². The van der Waals surface area contributed by atoms with Crippen LogP contribution in [-0.4, -0.2) is 42.2 Å². The standard InChI is InChI=1S/C19H22N2O3S/c1-13(22)16-5-4-14(8-17(16)23-2)11-21-6-7-25-18-10-20-19(24-3)9-15(18)12-21/h4-5,8-10H,6-7,11-12H2,1-3H3. The summed E-state index contributed by atoms with van der Waals surface area (Å²) < 4.78 is 10.6. The lowest BCUT2D eigenvalue weighted by Crippen LogP contribution is -2.24. The Balaban J connectivity index is 1.79. The minimum absolute atomic E-state index is 0.0168. The molecule has 0 fully saturated rings. The fourth-order valence-electron chi connectivity index (χ4n) is 2.95. The molecule has 25 heavy (non-hydrogen) atoms. The van der Waals surface area contributed by atoms with Crippen molar-refractivity contribution in [2.45, 2.75) is 24.9 Å². The normalized spacial score (nSPS) is 14.5. The van der Waals surface area contributed by atoms with Crippen LogP contribution in [0, 0.1) is 0 Å². The summed E-state index contributed by atoms with van der Waals surface area (Å²) in [6.07, 6.45) is 1.90. The van der Waals surface area contributed by atoms with Gasteiger partial charge >= 0.3 is 0 Å². The van der Waals surface area contributed by atoms with Crippen LogP contribution in [0.2, 0.25) is 0 Å². The maximum absolute atomic E-state index is 11.7. The second-order valence-electron chi connectivity index (χ2n) is 5.98. The van der Waals surface area contributed by atoms with Gasteiger partial charge in [-0.25, -0.2) is 4.98 Å². The monoisotopic (exact) mass is 358 g/mol. The number of rotatable bonds is 5. The van der Waals surface area contributed by atoms with E-state index in [1.807, 2.05) is 42.2 Å². The number of pyridine rings is 1. The Kier molecular flexibility index (Phi) is 5.60. The lowest BCUT2D eigenvalue weighted by atomic mass is 10.1. The minimum atomic E-state index is 0.0168. The number of carbonyl (C=O) groups excluding carboxylic acids is 1. The quantitative estimate of drug-likeness (QED) is 0.764. The zero-order valence-corrected chi connectivity index (χ0v) is 15.6. The second kappa shape index (κ2) is 7.89. The number of Topliss-reactive ketones (excluding diaryl/α,β-unsaturated/α-hetero) is 1. The van der Waals surface area contributed by atoms with Crippen molar-refractivity contribution in [3.05, 3.63) is 47.2 Å². The third-order valence-corrected chi connectivity index (χ3v) is 5.31.